The minimum atomic E-state index is -0.445. The van der Waals surface area contributed by atoms with Crippen molar-refractivity contribution in [2.24, 2.45) is 5.84 Å². The highest BCUT2D eigenvalue weighted by atomic mass is 19.1. The largest absolute Gasteiger partial charge is 0.435 e. The number of halogens is 1. The van der Waals surface area contributed by atoms with E-state index in [9.17, 15) is 4.39 Å². The van der Waals surface area contributed by atoms with Crippen LogP contribution in [-0.4, -0.2) is 9.97 Å². The predicted octanol–water partition coefficient (Wildman–Crippen LogP) is 3.13. The summed E-state index contributed by atoms with van der Waals surface area (Å²) in [4.78, 5) is 8.62. The zero-order valence-corrected chi connectivity index (χ0v) is 11.6. The van der Waals surface area contributed by atoms with Crippen molar-refractivity contribution in [3.63, 3.8) is 0 Å². The highest BCUT2D eigenvalue weighted by Crippen LogP contribution is 2.29. The summed E-state index contributed by atoms with van der Waals surface area (Å²) in [6.45, 7) is 5.67. The molecular weight excluding hydrogens is 259 g/mol. The molecule has 0 atom stereocenters. The molecule has 0 saturated carbocycles. The first-order valence-electron chi connectivity index (χ1n) is 6.30. The van der Waals surface area contributed by atoms with Crippen molar-refractivity contribution < 1.29 is 9.13 Å². The Kier molecular flexibility index (Phi) is 4.14. The molecule has 5 nitrogen and oxygen atoms in total. The van der Waals surface area contributed by atoms with E-state index in [0.29, 0.717) is 23.1 Å². The first-order valence-corrected chi connectivity index (χ1v) is 6.30. The molecule has 106 valence electrons. The number of ether oxygens (including phenoxy) is 1. The molecule has 1 aromatic heterocycles. The second kappa shape index (κ2) is 5.83. The number of hydrazine groups is 1. The predicted molar refractivity (Wildman–Crippen MR) is 75.1 cm³/mol. The fourth-order valence-corrected chi connectivity index (χ4v) is 1.64. The fourth-order valence-electron chi connectivity index (χ4n) is 1.64. The van der Waals surface area contributed by atoms with E-state index in [-0.39, 0.29) is 11.7 Å². The van der Waals surface area contributed by atoms with Gasteiger partial charge in [0, 0.05) is 5.92 Å². The maximum absolute atomic E-state index is 13.6. The third-order valence-corrected chi connectivity index (χ3v) is 2.81. The lowest BCUT2D eigenvalue weighted by molar-refractivity contribution is 0.420. The van der Waals surface area contributed by atoms with Gasteiger partial charge in [-0.3, -0.25) is 0 Å². The Hall–Kier alpha value is -2.21. The number of para-hydroxylation sites is 1. The monoisotopic (exact) mass is 276 g/mol. The van der Waals surface area contributed by atoms with E-state index < -0.39 is 5.82 Å². The van der Waals surface area contributed by atoms with Crippen molar-refractivity contribution in [3.8, 4) is 11.6 Å². The van der Waals surface area contributed by atoms with Gasteiger partial charge < -0.3 is 10.2 Å². The number of nitrogen functional groups attached to an aromatic ring is 1. The van der Waals surface area contributed by atoms with E-state index in [0.717, 1.165) is 0 Å². The van der Waals surface area contributed by atoms with Crippen LogP contribution in [-0.2, 0) is 0 Å². The van der Waals surface area contributed by atoms with E-state index >= 15 is 0 Å². The zero-order chi connectivity index (χ0) is 14.7. The normalized spacial score (nSPS) is 10.7. The summed E-state index contributed by atoms with van der Waals surface area (Å²) < 4.78 is 19.2. The van der Waals surface area contributed by atoms with Crippen LogP contribution in [0.15, 0.2) is 24.3 Å². The van der Waals surface area contributed by atoms with Gasteiger partial charge in [0.2, 0.25) is 5.88 Å². The van der Waals surface area contributed by atoms with E-state index in [1.165, 1.54) is 6.07 Å². The van der Waals surface area contributed by atoms with Gasteiger partial charge in [0.05, 0.1) is 5.56 Å². The lowest BCUT2D eigenvalue weighted by Gasteiger charge is -2.14. The lowest BCUT2D eigenvalue weighted by Crippen LogP contribution is -2.13. The van der Waals surface area contributed by atoms with Crippen LogP contribution in [0.2, 0.25) is 0 Å². The van der Waals surface area contributed by atoms with Crippen molar-refractivity contribution in [2.45, 2.75) is 26.7 Å². The number of benzene rings is 1. The van der Waals surface area contributed by atoms with Crippen LogP contribution in [0, 0.1) is 12.7 Å². The van der Waals surface area contributed by atoms with E-state index in [2.05, 4.69) is 15.4 Å². The number of anilines is 1. The Morgan fingerprint density at radius 2 is 1.95 bits per heavy atom. The second-order valence-electron chi connectivity index (χ2n) is 4.69. The number of hydrogen-bond acceptors (Lipinski definition) is 5. The summed E-state index contributed by atoms with van der Waals surface area (Å²) in [5.41, 5.74) is 3.13. The lowest BCUT2D eigenvalue weighted by atomic mass is 10.2. The standard InChI is InChI=1S/C14H17FN4O/c1-8(2)12-17-13(19-16)9(3)14(18-12)20-11-7-5-4-6-10(11)15/h4-8H,16H2,1-3H3,(H,17,18,19). The van der Waals surface area contributed by atoms with Gasteiger partial charge in [-0.25, -0.2) is 15.2 Å². The van der Waals surface area contributed by atoms with Crippen LogP contribution in [0.5, 0.6) is 11.6 Å². The molecule has 0 aliphatic carbocycles. The molecule has 1 aromatic carbocycles. The summed E-state index contributed by atoms with van der Waals surface area (Å²) in [5.74, 6) is 6.56. The number of nitrogens with zero attached hydrogens (tertiary/aromatic N) is 2. The van der Waals surface area contributed by atoms with Crippen LogP contribution in [0.1, 0.15) is 31.2 Å². The molecule has 1 heterocycles. The Balaban J connectivity index is 2.45. The Morgan fingerprint density at radius 3 is 2.55 bits per heavy atom. The molecule has 0 radical (unpaired) electrons. The smallest absolute Gasteiger partial charge is 0.227 e. The van der Waals surface area contributed by atoms with Gasteiger partial charge >= 0.3 is 0 Å². The summed E-state index contributed by atoms with van der Waals surface area (Å²) in [6.07, 6.45) is 0. The van der Waals surface area contributed by atoms with Crippen molar-refractivity contribution >= 4 is 5.82 Å². The van der Waals surface area contributed by atoms with Gasteiger partial charge in [0.15, 0.2) is 17.4 Å². The van der Waals surface area contributed by atoms with Gasteiger partial charge in [-0.1, -0.05) is 26.0 Å². The SMILES string of the molecule is Cc1c(NN)nc(C(C)C)nc1Oc1ccccc1F. The molecule has 2 aromatic rings. The Bertz CT molecular complexity index is 616. The van der Waals surface area contributed by atoms with Crippen LogP contribution in [0.4, 0.5) is 10.2 Å². The first-order chi connectivity index (χ1) is 9.52. The number of aromatic nitrogens is 2. The third kappa shape index (κ3) is 2.85. The highest BCUT2D eigenvalue weighted by Gasteiger charge is 2.15. The fraction of sp³-hybridized carbons (Fsp3) is 0.286. The molecule has 0 unspecified atom stereocenters. The molecule has 6 heteroatoms. The maximum Gasteiger partial charge on any atom is 0.227 e. The van der Waals surface area contributed by atoms with Crippen molar-refractivity contribution in [1.82, 2.24) is 9.97 Å². The van der Waals surface area contributed by atoms with E-state index in [1.54, 1.807) is 25.1 Å². The maximum atomic E-state index is 13.6. The van der Waals surface area contributed by atoms with Crippen molar-refractivity contribution in [2.75, 3.05) is 5.43 Å². The Morgan fingerprint density at radius 1 is 1.25 bits per heavy atom. The summed E-state index contributed by atoms with van der Waals surface area (Å²) in [6, 6.07) is 6.17. The van der Waals surface area contributed by atoms with Crippen molar-refractivity contribution in [3.05, 3.63) is 41.5 Å². The average molecular weight is 276 g/mol. The van der Waals surface area contributed by atoms with Crippen LogP contribution >= 0.6 is 0 Å². The van der Waals surface area contributed by atoms with E-state index in [1.807, 2.05) is 13.8 Å². The van der Waals surface area contributed by atoms with Crippen LogP contribution in [0.25, 0.3) is 0 Å². The van der Waals surface area contributed by atoms with Gasteiger partial charge in [0.25, 0.3) is 0 Å². The van der Waals surface area contributed by atoms with Crippen molar-refractivity contribution in [1.29, 1.82) is 0 Å². The molecule has 0 spiro atoms. The number of nitrogens with one attached hydrogen (secondary N) is 1. The quantitative estimate of drug-likeness (QED) is 0.663. The molecule has 0 aliphatic rings. The second-order valence-corrected chi connectivity index (χ2v) is 4.69. The van der Waals surface area contributed by atoms with Gasteiger partial charge in [-0.15, -0.1) is 0 Å². The van der Waals surface area contributed by atoms with Gasteiger partial charge in [0.1, 0.15) is 5.82 Å². The summed E-state index contributed by atoms with van der Waals surface area (Å²) in [7, 11) is 0. The molecule has 0 fully saturated rings. The van der Waals surface area contributed by atoms with E-state index in [4.69, 9.17) is 10.6 Å². The molecule has 20 heavy (non-hydrogen) atoms. The topological polar surface area (TPSA) is 73.1 Å². The highest BCUT2D eigenvalue weighted by molar-refractivity contribution is 5.49. The van der Waals surface area contributed by atoms with Crippen LogP contribution < -0.4 is 16.0 Å². The number of rotatable bonds is 4. The Labute approximate surface area is 117 Å². The molecule has 3 N–H and O–H groups in total. The van der Waals surface area contributed by atoms with Gasteiger partial charge in [-0.05, 0) is 19.1 Å². The van der Waals surface area contributed by atoms with Gasteiger partial charge in [-0.2, -0.15) is 4.98 Å². The molecular formula is C14H17FN4O. The summed E-state index contributed by atoms with van der Waals surface area (Å²) in [5, 5.41) is 0. The van der Waals surface area contributed by atoms with Crippen LogP contribution in [0.3, 0.4) is 0 Å². The molecule has 0 amide bonds. The third-order valence-electron chi connectivity index (χ3n) is 2.81. The molecule has 0 saturated heterocycles. The summed E-state index contributed by atoms with van der Waals surface area (Å²) >= 11 is 0. The number of hydrogen-bond donors (Lipinski definition) is 2. The molecule has 2 rings (SSSR count). The zero-order valence-electron chi connectivity index (χ0n) is 11.6. The molecule has 0 aliphatic heterocycles. The number of nitrogens with two attached hydrogens (primary N) is 1. The first kappa shape index (κ1) is 14.2. The minimum absolute atomic E-state index is 0.102. The average Bonchev–Trinajstić information content (AvgIpc) is 2.43. The molecule has 0 bridgehead atoms. The minimum Gasteiger partial charge on any atom is -0.435 e.